The first kappa shape index (κ1) is 22.4. The van der Waals surface area contributed by atoms with Crippen molar-refractivity contribution in [2.24, 2.45) is 0 Å². The quantitative estimate of drug-likeness (QED) is 0.305. The fraction of sp³-hybridized carbons (Fsp3) is 0.0357. The smallest absolute Gasteiger partial charge is 0.244 e. The van der Waals surface area contributed by atoms with Crippen LogP contribution in [0, 0.1) is 0 Å². The number of anilines is 3. The van der Waals surface area contributed by atoms with E-state index in [1.807, 2.05) is 66.7 Å². The average molecular weight is 482 g/mol. The minimum Gasteiger partial charge on any atom is -0.356 e. The molecule has 0 fully saturated rings. The number of aromatic nitrogens is 1. The molecular formula is C28H23N3O3S. The van der Waals surface area contributed by atoms with Crippen molar-refractivity contribution in [1.82, 2.24) is 4.57 Å². The molecule has 0 spiro atoms. The normalized spacial score (nSPS) is 11.3. The van der Waals surface area contributed by atoms with Gasteiger partial charge in [0.2, 0.25) is 15.7 Å². The number of nitrogens with zero attached hydrogens (tertiary/aromatic N) is 1. The highest BCUT2D eigenvalue weighted by Crippen LogP contribution is 2.30. The van der Waals surface area contributed by atoms with Crippen LogP contribution >= 0.6 is 0 Å². The van der Waals surface area contributed by atoms with Gasteiger partial charge in [-0.3, -0.25) is 4.79 Å². The number of sulfone groups is 1. The van der Waals surface area contributed by atoms with E-state index in [9.17, 15) is 13.2 Å². The molecule has 0 bridgehead atoms. The number of carbonyl (C=O) groups excluding carboxylic acids is 1. The zero-order valence-electron chi connectivity index (χ0n) is 18.8. The van der Waals surface area contributed by atoms with Crippen LogP contribution in [0.25, 0.3) is 10.9 Å². The highest BCUT2D eigenvalue weighted by atomic mass is 32.2. The maximum Gasteiger partial charge on any atom is 0.244 e. The second-order valence-electron chi connectivity index (χ2n) is 8.07. The van der Waals surface area contributed by atoms with Crippen LogP contribution in [-0.4, -0.2) is 18.9 Å². The summed E-state index contributed by atoms with van der Waals surface area (Å²) in [5.74, 6) is -0.252. The molecule has 174 valence electrons. The summed E-state index contributed by atoms with van der Waals surface area (Å²) in [4.78, 5) is 13.2. The molecule has 0 aliphatic carbocycles. The van der Waals surface area contributed by atoms with Gasteiger partial charge in [-0.15, -0.1) is 0 Å². The van der Waals surface area contributed by atoms with Gasteiger partial charge in [-0.1, -0.05) is 54.6 Å². The Morgan fingerprint density at radius 3 is 1.97 bits per heavy atom. The lowest BCUT2D eigenvalue weighted by Gasteiger charge is -2.09. The van der Waals surface area contributed by atoms with Crippen LogP contribution in [0.4, 0.5) is 17.1 Å². The molecule has 5 aromatic rings. The first-order valence-electron chi connectivity index (χ1n) is 11.1. The predicted molar refractivity (Wildman–Crippen MR) is 139 cm³/mol. The molecule has 4 aromatic carbocycles. The molecule has 0 aliphatic heterocycles. The number of para-hydroxylation sites is 2. The lowest BCUT2D eigenvalue weighted by molar-refractivity contribution is -0.116. The van der Waals surface area contributed by atoms with Crippen molar-refractivity contribution < 1.29 is 13.2 Å². The monoisotopic (exact) mass is 481 g/mol. The van der Waals surface area contributed by atoms with E-state index in [1.165, 1.54) is 0 Å². The number of nitrogens with one attached hydrogen (secondary N) is 2. The van der Waals surface area contributed by atoms with Gasteiger partial charge in [0.15, 0.2) is 0 Å². The molecule has 0 aliphatic rings. The maximum atomic E-state index is 13.3. The molecule has 1 amide bonds. The van der Waals surface area contributed by atoms with Crippen LogP contribution in [0.15, 0.2) is 125 Å². The third-order valence-corrected chi connectivity index (χ3v) is 7.44. The van der Waals surface area contributed by atoms with Crippen molar-refractivity contribution in [2.45, 2.75) is 16.3 Å². The van der Waals surface area contributed by atoms with E-state index < -0.39 is 9.84 Å². The van der Waals surface area contributed by atoms with E-state index in [1.54, 1.807) is 53.2 Å². The van der Waals surface area contributed by atoms with Gasteiger partial charge >= 0.3 is 0 Å². The van der Waals surface area contributed by atoms with Crippen LogP contribution in [0.5, 0.6) is 0 Å². The number of fused-ring (bicyclic) bond motifs is 1. The summed E-state index contributed by atoms with van der Waals surface area (Å²) in [7, 11) is -3.73. The van der Waals surface area contributed by atoms with Crippen LogP contribution in [0.1, 0.15) is 0 Å². The van der Waals surface area contributed by atoms with Crippen LogP contribution < -0.4 is 10.6 Å². The van der Waals surface area contributed by atoms with Crippen LogP contribution in [0.2, 0.25) is 0 Å². The topological polar surface area (TPSA) is 80.2 Å². The first-order chi connectivity index (χ1) is 17.0. The van der Waals surface area contributed by atoms with Crippen molar-refractivity contribution in [3.8, 4) is 0 Å². The minimum atomic E-state index is -3.73. The Morgan fingerprint density at radius 2 is 1.26 bits per heavy atom. The molecular weight excluding hydrogens is 458 g/mol. The highest BCUT2D eigenvalue weighted by Gasteiger charge is 2.23. The number of amides is 1. The average Bonchev–Trinajstić information content (AvgIpc) is 3.25. The zero-order chi connectivity index (χ0) is 24.3. The molecule has 1 heterocycles. The number of hydrogen-bond acceptors (Lipinski definition) is 4. The van der Waals surface area contributed by atoms with Gasteiger partial charge in [0.1, 0.15) is 6.54 Å². The summed E-state index contributed by atoms with van der Waals surface area (Å²) in [6.07, 6.45) is 1.54. The van der Waals surface area contributed by atoms with E-state index in [0.29, 0.717) is 16.6 Å². The summed E-state index contributed by atoms with van der Waals surface area (Å²) in [6, 6.07) is 32.7. The molecule has 0 atom stereocenters. The van der Waals surface area contributed by atoms with E-state index in [2.05, 4.69) is 10.6 Å². The lowest BCUT2D eigenvalue weighted by Crippen LogP contribution is -2.18. The van der Waals surface area contributed by atoms with Crippen LogP contribution in [0.3, 0.4) is 0 Å². The Morgan fingerprint density at radius 1 is 0.686 bits per heavy atom. The Balaban J connectivity index is 1.35. The number of rotatable bonds is 7. The molecule has 1 aromatic heterocycles. The minimum absolute atomic E-state index is 0.0190. The van der Waals surface area contributed by atoms with Crippen LogP contribution in [-0.2, 0) is 21.2 Å². The van der Waals surface area contributed by atoms with Crippen molar-refractivity contribution >= 4 is 43.7 Å². The molecule has 5 rings (SSSR count). The Kier molecular flexibility index (Phi) is 6.08. The molecule has 0 unspecified atom stereocenters. The van der Waals surface area contributed by atoms with Gasteiger partial charge in [-0.05, 0) is 54.6 Å². The fourth-order valence-corrected chi connectivity index (χ4v) is 5.46. The molecule has 0 saturated carbocycles. The highest BCUT2D eigenvalue weighted by molar-refractivity contribution is 7.91. The standard InChI is InChI=1S/C28H23N3O3S/c32-28(30-23-17-15-22(16-18-23)29-21-9-3-1-4-10-21)20-31-19-27(25-13-7-8-14-26(25)31)35(33,34)24-11-5-2-6-12-24/h1-19,29H,20H2,(H,30,32). The largest absolute Gasteiger partial charge is 0.356 e. The van der Waals surface area contributed by atoms with E-state index in [-0.39, 0.29) is 22.2 Å². The second-order valence-corrected chi connectivity index (χ2v) is 9.99. The molecule has 35 heavy (non-hydrogen) atoms. The number of carbonyl (C=O) groups is 1. The van der Waals surface area contributed by atoms with Crippen molar-refractivity contribution in [3.05, 3.63) is 115 Å². The van der Waals surface area contributed by atoms with Crippen molar-refractivity contribution in [2.75, 3.05) is 10.6 Å². The molecule has 2 N–H and O–H groups in total. The summed E-state index contributed by atoms with van der Waals surface area (Å²) >= 11 is 0. The van der Waals surface area contributed by atoms with Crippen molar-refractivity contribution in [3.63, 3.8) is 0 Å². The summed E-state index contributed by atoms with van der Waals surface area (Å²) in [5, 5.41) is 6.77. The summed E-state index contributed by atoms with van der Waals surface area (Å²) in [5.41, 5.74) is 3.22. The van der Waals surface area contributed by atoms with Gasteiger partial charge in [-0.2, -0.15) is 0 Å². The SMILES string of the molecule is O=C(Cn1cc(S(=O)(=O)c2ccccc2)c2ccccc21)Nc1ccc(Nc2ccccc2)cc1. The number of benzene rings is 4. The van der Waals surface area contributed by atoms with E-state index >= 15 is 0 Å². The Hall–Kier alpha value is -4.36. The van der Waals surface area contributed by atoms with Gasteiger partial charge in [0, 0.05) is 34.2 Å². The summed E-state index contributed by atoms with van der Waals surface area (Å²) in [6.45, 7) is -0.0190. The van der Waals surface area contributed by atoms with Gasteiger partial charge in [-0.25, -0.2) is 8.42 Å². The Labute approximate surface area is 203 Å². The third kappa shape index (κ3) is 4.81. The van der Waals surface area contributed by atoms with Gasteiger partial charge < -0.3 is 15.2 Å². The third-order valence-electron chi connectivity index (χ3n) is 5.64. The predicted octanol–water partition coefficient (Wildman–Crippen LogP) is 5.86. The van der Waals surface area contributed by atoms with Gasteiger partial charge in [0.25, 0.3) is 0 Å². The zero-order valence-corrected chi connectivity index (χ0v) is 19.6. The fourth-order valence-electron chi connectivity index (χ4n) is 3.96. The first-order valence-corrected chi connectivity index (χ1v) is 12.6. The van der Waals surface area contributed by atoms with Gasteiger partial charge in [0.05, 0.1) is 9.79 Å². The second kappa shape index (κ2) is 9.48. The van der Waals surface area contributed by atoms with E-state index in [4.69, 9.17) is 0 Å². The Bertz CT molecular complexity index is 1580. The molecule has 0 saturated heterocycles. The molecule has 6 nitrogen and oxygen atoms in total. The maximum absolute atomic E-state index is 13.3. The van der Waals surface area contributed by atoms with E-state index in [0.717, 1.165) is 11.4 Å². The molecule has 7 heteroatoms. The summed E-state index contributed by atoms with van der Waals surface area (Å²) < 4.78 is 28.2. The number of hydrogen-bond donors (Lipinski definition) is 2. The molecule has 0 radical (unpaired) electrons. The van der Waals surface area contributed by atoms with Crippen molar-refractivity contribution in [1.29, 1.82) is 0 Å². The lowest BCUT2D eigenvalue weighted by atomic mass is 10.2.